The molecule has 1 aromatic carbocycles. The third-order valence-electron chi connectivity index (χ3n) is 3.39. The van der Waals surface area contributed by atoms with Gasteiger partial charge >= 0.3 is 5.97 Å². The van der Waals surface area contributed by atoms with Crippen LogP contribution in [0.5, 0.6) is 0 Å². The monoisotopic (exact) mass is 297 g/mol. The van der Waals surface area contributed by atoms with E-state index in [1.807, 2.05) is 44.2 Å². The number of hydrogen-bond acceptors (Lipinski definition) is 4. The molecule has 0 saturated heterocycles. The summed E-state index contributed by atoms with van der Waals surface area (Å²) in [6.45, 7) is 5.66. The average Bonchev–Trinajstić information content (AvgIpc) is 2.47. The second-order valence-electron chi connectivity index (χ2n) is 5.55. The van der Waals surface area contributed by atoms with E-state index in [2.05, 4.69) is 5.16 Å². The zero-order chi connectivity index (χ0) is 16.1. The van der Waals surface area contributed by atoms with Gasteiger partial charge in [0.25, 0.3) is 0 Å². The second-order valence-corrected chi connectivity index (χ2v) is 5.55. The molecule has 4 nitrogen and oxygen atoms in total. The molecule has 0 radical (unpaired) electrons. The van der Waals surface area contributed by atoms with Crippen molar-refractivity contribution in [1.29, 1.82) is 0 Å². The molecular formula is C18H19NO3. The third-order valence-corrected chi connectivity index (χ3v) is 3.39. The van der Waals surface area contributed by atoms with E-state index in [4.69, 9.17) is 4.84 Å². The van der Waals surface area contributed by atoms with E-state index in [9.17, 15) is 9.59 Å². The number of oxime groups is 1. The molecule has 0 atom stereocenters. The van der Waals surface area contributed by atoms with E-state index < -0.39 is 5.97 Å². The lowest BCUT2D eigenvalue weighted by Gasteiger charge is -2.14. The largest absolute Gasteiger partial charge is 0.339 e. The molecular weight excluding hydrogens is 278 g/mol. The quantitative estimate of drug-likeness (QED) is 0.487. The van der Waals surface area contributed by atoms with E-state index in [1.165, 1.54) is 6.08 Å². The molecule has 2 rings (SSSR count). The molecule has 4 heteroatoms. The van der Waals surface area contributed by atoms with Crippen molar-refractivity contribution in [2.24, 2.45) is 11.1 Å². The highest BCUT2D eigenvalue weighted by molar-refractivity contribution is 6.21. The van der Waals surface area contributed by atoms with E-state index in [0.717, 1.165) is 5.56 Å². The molecule has 1 aliphatic carbocycles. The Morgan fingerprint density at radius 2 is 1.86 bits per heavy atom. The highest BCUT2D eigenvalue weighted by atomic mass is 16.7. The van der Waals surface area contributed by atoms with Crippen LogP contribution in [-0.2, 0) is 20.8 Å². The van der Waals surface area contributed by atoms with E-state index in [-0.39, 0.29) is 18.1 Å². The first-order chi connectivity index (χ1) is 10.5. The number of ketones is 1. The van der Waals surface area contributed by atoms with Crippen LogP contribution in [0.1, 0.15) is 26.3 Å². The van der Waals surface area contributed by atoms with Crippen LogP contribution < -0.4 is 0 Å². The first-order valence-electron chi connectivity index (χ1n) is 7.23. The van der Waals surface area contributed by atoms with Crippen molar-refractivity contribution in [3.05, 3.63) is 59.2 Å². The third kappa shape index (κ3) is 4.01. The molecule has 0 bridgehead atoms. The number of carbonyl (C=O) groups excluding carboxylic acids is 2. The molecule has 0 aliphatic heterocycles. The predicted molar refractivity (Wildman–Crippen MR) is 85.4 cm³/mol. The van der Waals surface area contributed by atoms with Crippen LogP contribution in [-0.4, -0.2) is 17.5 Å². The van der Waals surface area contributed by atoms with E-state index in [0.29, 0.717) is 16.9 Å². The molecule has 0 amide bonds. The fourth-order valence-electron chi connectivity index (χ4n) is 2.13. The SMILES string of the molecule is CC1=CC(=O)C(C(C)C)=CC1=NOC(=O)Cc1ccccc1. The van der Waals surface area contributed by atoms with Gasteiger partial charge in [0.15, 0.2) is 5.78 Å². The maximum atomic E-state index is 11.9. The number of benzene rings is 1. The van der Waals surface area contributed by atoms with Gasteiger partial charge in [-0.25, -0.2) is 4.79 Å². The van der Waals surface area contributed by atoms with E-state index in [1.54, 1.807) is 13.0 Å². The van der Waals surface area contributed by atoms with Crippen molar-refractivity contribution in [3.8, 4) is 0 Å². The Hall–Kier alpha value is -2.49. The highest BCUT2D eigenvalue weighted by Gasteiger charge is 2.19. The molecule has 0 unspecified atom stereocenters. The molecule has 0 spiro atoms. The fraction of sp³-hybridized carbons (Fsp3) is 0.278. The van der Waals surface area contributed by atoms with Crippen LogP contribution in [0.4, 0.5) is 0 Å². The maximum Gasteiger partial charge on any atom is 0.339 e. The first-order valence-corrected chi connectivity index (χ1v) is 7.23. The standard InChI is InChI=1S/C18H19NO3/c1-12(2)15-11-16(13(3)9-17(15)20)19-22-18(21)10-14-7-5-4-6-8-14/h4-9,11-12H,10H2,1-3H3. The number of carbonyl (C=O) groups is 2. The van der Waals surface area contributed by atoms with Crippen molar-refractivity contribution in [2.45, 2.75) is 27.2 Å². The summed E-state index contributed by atoms with van der Waals surface area (Å²) in [5.74, 6) is -0.341. The van der Waals surface area contributed by atoms with Gasteiger partial charge in [-0.05, 0) is 36.1 Å². The molecule has 0 N–H and O–H groups in total. The number of allylic oxidation sites excluding steroid dienone is 4. The zero-order valence-corrected chi connectivity index (χ0v) is 13.0. The first kappa shape index (κ1) is 15.9. The normalized spacial score (nSPS) is 16.5. The Balaban J connectivity index is 2.07. The summed E-state index contributed by atoms with van der Waals surface area (Å²) >= 11 is 0. The van der Waals surface area contributed by atoms with Crippen molar-refractivity contribution < 1.29 is 14.4 Å². The molecule has 114 valence electrons. The molecule has 0 aromatic heterocycles. The lowest BCUT2D eigenvalue weighted by atomic mass is 9.90. The lowest BCUT2D eigenvalue weighted by molar-refractivity contribution is -0.142. The van der Waals surface area contributed by atoms with Gasteiger partial charge in [0.1, 0.15) is 5.71 Å². The Kier molecular flexibility index (Phi) is 5.04. The van der Waals surface area contributed by atoms with Crippen LogP contribution in [0.25, 0.3) is 0 Å². The summed E-state index contributed by atoms with van der Waals surface area (Å²) in [6, 6.07) is 9.34. The van der Waals surface area contributed by atoms with Crippen LogP contribution in [0.15, 0.2) is 58.8 Å². The van der Waals surface area contributed by atoms with Crippen LogP contribution in [0.2, 0.25) is 0 Å². The summed E-state index contributed by atoms with van der Waals surface area (Å²) in [7, 11) is 0. The van der Waals surface area contributed by atoms with Gasteiger partial charge in [-0.3, -0.25) is 4.79 Å². The number of hydrogen-bond donors (Lipinski definition) is 0. The van der Waals surface area contributed by atoms with Crippen LogP contribution in [0, 0.1) is 5.92 Å². The molecule has 22 heavy (non-hydrogen) atoms. The minimum atomic E-state index is -0.428. The predicted octanol–water partition coefficient (Wildman–Crippen LogP) is 3.24. The lowest BCUT2D eigenvalue weighted by Crippen LogP contribution is -2.16. The van der Waals surface area contributed by atoms with Crippen LogP contribution in [0.3, 0.4) is 0 Å². The van der Waals surface area contributed by atoms with Gasteiger partial charge in [-0.2, -0.15) is 0 Å². The smallest absolute Gasteiger partial charge is 0.317 e. The Morgan fingerprint density at radius 3 is 2.50 bits per heavy atom. The van der Waals surface area contributed by atoms with E-state index >= 15 is 0 Å². The summed E-state index contributed by atoms with van der Waals surface area (Å²) in [5, 5.41) is 3.90. The Bertz CT molecular complexity index is 667. The second kappa shape index (κ2) is 6.98. The van der Waals surface area contributed by atoms with Gasteiger partial charge < -0.3 is 4.84 Å². The number of rotatable bonds is 4. The Morgan fingerprint density at radius 1 is 1.18 bits per heavy atom. The van der Waals surface area contributed by atoms with Gasteiger partial charge in [-0.15, -0.1) is 0 Å². The topological polar surface area (TPSA) is 55.7 Å². The van der Waals surface area contributed by atoms with Crippen molar-refractivity contribution in [1.82, 2.24) is 0 Å². The van der Waals surface area contributed by atoms with Crippen molar-refractivity contribution in [3.63, 3.8) is 0 Å². The maximum absolute atomic E-state index is 11.9. The minimum Gasteiger partial charge on any atom is -0.317 e. The molecule has 1 aliphatic rings. The van der Waals surface area contributed by atoms with Gasteiger partial charge in [0.2, 0.25) is 0 Å². The zero-order valence-electron chi connectivity index (χ0n) is 13.0. The molecule has 0 saturated carbocycles. The molecule has 0 heterocycles. The van der Waals surface area contributed by atoms with Crippen LogP contribution >= 0.6 is 0 Å². The van der Waals surface area contributed by atoms with Crippen molar-refractivity contribution >= 4 is 17.5 Å². The Labute approximate surface area is 130 Å². The molecule has 1 aromatic rings. The average molecular weight is 297 g/mol. The summed E-state index contributed by atoms with van der Waals surface area (Å²) < 4.78 is 0. The summed E-state index contributed by atoms with van der Waals surface area (Å²) in [4.78, 5) is 28.6. The minimum absolute atomic E-state index is 0.0120. The number of nitrogens with zero attached hydrogens (tertiary/aromatic N) is 1. The molecule has 0 fully saturated rings. The van der Waals surface area contributed by atoms with Crippen molar-refractivity contribution in [2.75, 3.05) is 0 Å². The highest BCUT2D eigenvalue weighted by Crippen LogP contribution is 2.19. The van der Waals surface area contributed by atoms with Gasteiger partial charge in [0.05, 0.1) is 6.42 Å². The van der Waals surface area contributed by atoms with Gasteiger partial charge in [0, 0.05) is 5.57 Å². The van der Waals surface area contributed by atoms with Gasteiger partial charge in [-0.1, -0.05) is 49.3 Å². The fourth-order valence-corrected chi connectivity index (χ4v) is 2.13. The summed E-state index contributed by atoms with van der Waals surface area (Å²) in [5.41, 5.74) is 2.76. The summed E-state index contributed by atoms with van der Waals surface area (Å²) in [6.07, 6.45) is 3.39.